The summed E-state index contributed by atoms with van der Waals surface area (Å²) in [5.41, 5.74) is 0. The molecule has 0 radical (unpaired) electrons. The largest absolute Gasteiger partial charge is 0.415 e. The molecule has 1 aliphatic rings. The molecule has 1 saturated carbocycles. The summed E-state index contributed by atoms with van der Waals surface area (Å²) in [4.78, 5) is 0. The molecule has 1 fully saturated rings. The zero-order valence-electron chi connectivity index (χ0n) is 8.89. The summed E-state index contributed by atoms with van der Waals surface area (Å²) >= 11 is 0. The minimum absolute atomic E-state index is 0.584. The lowest BCUT2D eigenvalue weighted by molar-refractivity contribution is 0.123. The van der Waals surface area contributed by atoms with Crippen LogP contribution in [0.15, 0.2) is 0 Å². The van der Waals surface area contributed by atoms with Gasteiger partial charge in [0.1, 0.15) is 0 Å². The van der Waals surface area contributed by atoms with E-state index in [9.17, 15) is 0 Å². The molecule has 0 heterocycles. The highest BCUT2D eigenvalue weighted by Crippen LogP contribution is 2.27. The normalized spacial score (nSPS) is 32.0. The second-order valence-electron chi connectivity index (χ2n) is 5.12. The van der Waals surface area contributed by atoms with Gasteiger partial charge in [-0.15, -0.1) is 0 Å². The standard InChI is InChI=1S/C10H22OSi/c1-9-6-5-7-10(8-9)11-12(2,3)4/h9-10H,5-8H2,1-4H3. The van der Waals surface area contributed by atoms with Crippen LogP contribution in [0.3, 0.4) is 0 Å². The molecule has 0 aromatic heterocycles. The number of hydrogen-bond acceptors (Lipinski definition) is 1. The van der Waals surface area contributed by atoms with E-state index < -0.39 is 8.32 Å². The van der Waals surface area contributed by atoms with E-state index in [0.29, 0.717) is 6.10 Å². The van der Waals surface area contributed by atoms with E-state index in [1.54, 1.807) is 0 Å². The zero-order valence-corrected chi connectivity index (χ0v) is 9.89. The van der Waals surface area contributed by atoms with Crippen molar-refractivity contribution in [1.29, 1.82) is 0 Å². The molecule has 0 saturated heterocycles. The van der Waals surface area contributed by atoms with Gasteiger partial charge in [0.15, 0.2) is 8.32 Å². The van der Waals surface area contributed by atoms with Crippen molar-refractivity contribution in [3.63, 3.8) is 0 Å². The van der Waals surface area contributed by atoms with Crippen LogP contribution < -0.4 is 0 Å². The molecule has 0 N–H and O–H groups in total. The molecular formula is C10H22OSi. The molecule has 1 aliphatic carbocycles. The number of hydrogen-bond donors (Lipinski definition) is 0. The molecule has 0 amide bonds. The van der Waals surface area contributed by atoms with Gasteiger partial charge >= 0.3 is 0 Å². The van der Waals surface area contributed by atoms with Crippen molar-refractivity contribution in [3.8, 4) is 0 Å². The Bertz CT molecular complexity index is 139. The van der Waals surface area contributed by atoms with Gasteiger partial charge < -0.3 is 4.43 Å². The third-order valence-electron chi connectivity index (χ3n) is 2.41. The van der Waals surface area contributed by atoms with Gasteiger partial charge in [-0.2, -0.15) is 0 Å². The first-order chi connectivity index (χ1) is 5.47. The molecule has 0 spiro atoms. The van der Waals surface area contributed by atoms with Crippen LogP contribution in [0.5, 0.6) is 0 Å². The summed E-state index contributed by atoms with van der Waals surface area (Å²) in [5.74, 6) is 0.889. The monoisotopic (exact) mass is 186 g/mol. The quantitative estimate of drug-likeness (QED) is 0.600. The summed E-state index contributed by atoms with van der Waals surface area (Å²) in [7, 11) is -1.27. The van der Waals surface area contributed by atoms with Crippen LogP contribution in [0.4, 0.5) is 0 Å². The zero-order chi connectivity index (χ0) is 9.19. The summed E-state index contributed by atoms with van der Waals surface area (Å²) in [6, 6.07) is 0. The first-order valence-corrected chi connectivity index (χ1v) is 8.56. The predicted molar refractivity (Wildman–Crippen MR) is 55.9 cm³/mol. The lowest BCUT2D eigenvalue weighted by Crippen LogP contribution is -2.34. The van der Waals surface area contributed by atoms with E-state index in [-0.39, 0.29) is 0 Å². The topological polar surface area (TPSA) is 9.23 Å². The Kier molecular flexibility index (Phi) is 3.35. The SMILES string of the molecule is CC1CCCC(O[Si](C)(C)C)C1. The first kappa shape index (κ1) is 10.3. The van der Waals surface area contributed by atoms with Crippen LogP contribution in [-0.2, 0) is 4.43 Å². The molecule has 2 unspecified atom stereocenters. The Morgan fingerprint density at radius 2 is 1.83 bits per heavy atom. The van der Waals surface area contributed by atoms with Gasteiger partial charge in [0.05, 0.1) is 0 Å². The van der Waals surface area contributed by atoms with E-state index in [4.69, 9.17) is 4.43 Å². The molecule has 0 aromatic rings. The van der Waals surface area contributed by atoms with E-state index in [1.165, 1.54) is 25.7 Å². The Labute approximate surface area is 77.6 Å². The number of rotatable bonds is 2. The molecule has 0 aliphatic heterocycles. The minimum Gasteiger partial charge on any atom is -0.415 e. The molecule has 2 atom stereocenters. The highest BCUT2D eigenvalue weighted by Gasteiger charge is 2.25. The minimum atomic E-state index is -1.27. The summed E-state index contributed by atoms with van der Waals surface area (Å²) in [6.45, 7) is 9.20. The smallest absolute Gasteiger partial charge is 0.184 e. The maximum Gasteiger partial charge on any atom is 0.184 e. The predicted octanol–water partition coefficient (Wildman–Crippen LogP) is 3.42. The van der Waals surface area contributed by atoms with E-state index in [0.717, 1.165) is 5.92 Å². The van der Waals surface area contributed by atoms with Crippen molar-refractivity contribution in [2.24, 2.45) is 5.92 Å². The Morgan fingerprint density at radius 1 is 1.17 bits per heavy atom. The van der Waals surface area contributed by atoms with Gasteiger partial charge in [0.2, 0.25) is 0 Å². The maximum absolute atomic E-state index is 6.09. The fourth-order valence-corrected chi connectivity index (χ4v) is 3.20. The van der Waals surface area contributed by atoms with Gasteiger partial charge in [-0.25, -0.2) is 0 Å². The second-order valence-corrected chi connectivity index (χ2v) is 9.58. The average Bonchev–Trinajstić information content (AvgIpc) is 1.82. The Hall–Kier alpha value is 0.177. The highest BCUT2D eigenvalue weighted by atomic mass is 28.4. The van der Waals surface area contributed by atoms with E-state index in [1.807, 2.05) is 0 Å². The first-order valence-electron chi connectivity index (χ1n) is 5.15. The molecule has 0 aromatic carbocycles. The third-order valence-corrected chi connectivity index (χ3v) is 3.45. The maximum atomic E-state index is 6.09. The third kappa shape index (κ3) is 3.72. The summed E-state index contributed by atoms with van der Waals surface area (Å²) in [5, 5.41) is 0. The van der Waals surface area contributed by atoms with Crippen molar-refractivity contribution >= 4 is 8.32 Å². The average molecular weight is 186 g/mol. The van der Waals surface area contributed by atoms with Gasteiger partial charge in [-0.1, -0.05) is 19.8 Å². The lowest BCUT2D eigenvalue weighted by Gasteiger charge is -2.32. The van der Waals surface area contributed by atoms with Gasteiger partial charge in [0.25, 0.3) is 0 Å². The van der Waals surface area contributed by atoms with Crippen LogP contribution >= 0.6 is 0 Å². The van der Waals surface area contributed by atoms with Crippen LogP contribution in [0.25, 0.3) is 0 Å². The van der Waals surface area contributed by atoms with Crippen LogP contribution in [-0.4, -0.2) is 14.4 Å². The van der Waals surface area contributed by atoms with Crippen molar-refractivity contribution in [2.75, 3.05) is 0 Å². The molecule has 1 rings (SSSR count). The van der Waals surface area contributed by atoms with E-state index >= 15 is 0 Å². The van der Waals surface area contributed by atoms with Crippen molar-refractivity contribution in [2.45, 2.75) is 58.4 Å². The van der Waals surface area contributed by atoms with Crippen LogP contribution in [0.1, 0.15) is 32.6 Å². The lowest BCUT2D eigenvalue weighted by atomic mass is 9.89. The highest BCUT2D eigenvalue weighted by molar-refractivity contribution is 6.69. The van der Waals surface area contributed by atoms with Crippen LogP contribution in [0.2, 0.25) is 19.6 Å². The summed E-state index contributed by atoms with van der Waals surface area (Å²) in [6.07, 6.45) is 5.96. The van der Waals surface area contributed by atoms with Gasteiger partial charge in [-0.3, -0.25) is 0 Å². The van der Waals surface area contributed by atoms with Crippen molar-refractivity contribution in [1.82, 2.24) is 0 Å². The Morgan fingerprint density at radius 3 is 2.33 bits per heavy atom. The van der Waals surface area contributed by atoms with E-state index in [2.05, 4.69) is 26.6 Å². The molecule has 72 valence electrons. The fourth-order valence-electron chi connectivity index (χ4n) is 1.99. The van der Waals surface area contributed by atoms with Crippen molar-refractivity contribution < 1.29 is 4.43 Å². The Balaban J connectivity index is 2.32. The second kappa shape index (κ2) is 3.92. The van der Waals surface area contributed by atoms with Crippen LogP contribution in [0, 0.1) is 5.92 Å². The molecular weight excluding hydrogens is 164 g/mol. The molecule has 1 nitrogen and oxygen atoms in total. The van der Waals surface area contributed by atoms with Gasteiger partial charge in [0, 0.05) is 6.10 Å². The van der Waals surface area contributed by atoms with Gasteiger partial charge in [-0.05, 0) is 38.4 Å². The molecule has 0 bridgehead atoms. The molecule has 2 heteroatoms. The fraction of sp³-hybridized carbons (Fsp3) is 1.00. The summed E-state index contributed by atoms with van der Waals surface area (Å²) < 4.78 is 6.09. The van der Waals surface area contributed by atoms with Crippen molar-refractivity contribution in [3.05, 3.63) is 0 Å². The molecule has 12 heavy (non-hydrogen) atoms.